The minimum atomic E-state index is -0.543. The Labute approximate surface area is 95.5 Å². The lowest BCUT2D eigenvalue weighted by molar-refractivity contribution is -0.116. The van der Waals surface area contributed by atoms with Crippen molar-refractivity contribution in [2.24, 2.45) is 0 Å². The SMILES string of the molecule is CCc1cc2c(c(C(C)O)c1)NC(=O)CC2. The molecule has 1 aliphatic heterocycles. The monoisotopic (exact) mass is 219 g/mol. The molecule has 1 heterocycles. The molecule has 0 saturated carbocycles. The molecule has 1 aliphatic rings. The van der Waals surface area contributed by atoms with Crippen LogP contribution >= 0.6 is 0 Å². The van der Waals surface area contributed by atoms with E-state index in [1.165, 1.54) is 5.56 Å². The van der Waals surface area contributed by atoms with E-state index >= 15 is 0 Å². The molecule has 1 aromatic carbocycles. The largest absolute Gasteiger partial charge is 0.389 e. The summed E-state index contributed by atoms with van der Waals surface area (Å²) < 4.78 is 0. The van der Waals surface area contributed by atoms with Gasteiger partial charge in [-0.2, -0.15) is 0 Å². The summed E-state index contributed by atoms with van der Waals surface area (Å²) in [5, 5.41) is 12.6. The van der Waals surface area contributed by atoms with Gasteiger partial charge in [-0.15, -0.1) is 0 Å². The minimum absolute atomic E-state index is 0.0404. The molecule has 16 heavy (non-hydrogen) atoms. The summed E-state index contributed by atoms with van der Waals surface area (Å²) in [6, 6.07) is 4.11. The van der Waals surface area contributed by atoms with Crippen LogP contribution in [-0.2, 0) is 17.6 Å². The molecule has 1 amide bonds. The Morgan fingerprint density at radius 2 is 2.19 bits per heavy atom. The Balaban J connectivity index is 2.53. The van der Waals surface area contributed by atoms with Crippen molar-refractivity contribution in [1.29, 1.82) is 0 Å². The maximum Gasteiger partial charge on any atom is 0.224 e. The van der Waals surface area contributed by atoms with Crippen LogP contribution < -0.4 is 5.32 Å². The fourth-order valence-corrected chi connectivity index (χ4v) is 2.13. The Hall–Kier alpha value is -1.35. The van der Waals surface area contributed by atoms with Crippen LogP contribution in [0.4, 0.5) is 5.69 Å². The number of hydrogen-bond donors (Lipinski definition) is 2. The Morgan fingerprint density at radius 3 is 2.81 bits per heavy atom. The third kappa shape index (κ3) is 1.95. The van der Waals surface area contributed by atoms with Crippen LogP contribution in [0.5, 0.6) is 0 Å². The van der Waals surface area contributed by atoms with E-state index < -0.39 is 6.10 Å². The normalized spacial score (nSPS) is 16.6. The molecule has 0 aliphatic carbocycles. The number of aliphatic hydroxyl groups is 1. The van der Waals surface area contributed by atoms with Crippen molar-refractivity contribution >= 4 is 11.6 Å². The Kier molecular flexibility index (Phi) is 2.97. The van der Waals surface area contributed by atoms with Crippen molar-refractivity contribution in [2.45, 2.75) is 39.2 Å². The Bertz CT molecular complexity index is 424. The lowest BCUT2D eigenvalue weighted by Gasteiger charge is -2.22. The van der Waals surface area contributed by atoms with Crippen LogP contribution in [0.1, 0.15) is 43.1 Å². The van der Waals surface area contributed by atoms with Crippen LogP contribution in [0.3, 0.4) is 0 Å². The fourth-order valence-electron chi connectivity index (χ4n) is 2.13. The zero-order chi connectivity index (χ0) is 11.7. The van der Waals surface area contributed by atoms with Crippen LogP contribution in [-0.4, -0.2) is 11.0 Å². The molecule has 86 valence electrons. The van der Waals surface area contributed by atoms with Gasteiger partial charge in [0, 0.05) is 17.7 Å². The Morgan fingerprint density at radius 1 is 1.44 bits per heavy atom. The molecule has 3 nitrogen and oxygen atoms in total. The van der Waals surface area contributed by atoms with E-state index in [1.807, 2.05) is 6.07 Å². The van der Waals surface area contributed by atoms with Gasteiger partial charge in [-0.3, -0.25) is 4.79 Å². The summed E-state index contributed by atoms with van der Waals surface area (Å²) in [6.07, 6.45) is 1.72. The molecular weight excluding hydrogens is 202 g/mol. The maximum atomic E-state index is 11.4. The van der Waals surface area contributed by atoms with Gasteiger partial charge in [0.1, 0.15) is 0 Å². The molecule has 0 saturated heterocycles. The first-order valence-electron chi connectivity index (χ1n) is 5.75. The first-order chi connectivity index (χ1) is 7.61. The second kappa shape index (κ2) is 4.26. The predicted octanol–water partition coefficient (Wildman–Crippen LogP) is 2.19. The maximum absolute atomic E-state index is 11.4. The number of benzene rings is 1. The fraction of sp³-hybridized carbons (Fsp3) is 0.462. The number of aliphatic hydroxyl groups excluding tert-OH is 1. The van der Waals surface area contributed by atoms with Gasteiger partial charge in [0.2, 0.25) is 5.91 Å². The number of carbonyl (C=O) groups excluding carboxylic acids is 1. The van der Waals surface area contributed by atoms with E-state index in [0.29, 0.717) is 6.42 Å². The van der Waals surface area contributed by atoms with E-state index in [4.69, 9.17) is 0 Å². The van der Waals surface area contributed by atoms with Gasteiger partial charge >= 0.3 is 0 Å². The van der Waals surface area contributed by atoms with E-state index in [1.54, 1.807) is 6.92 Å². The molecule has 3 heteroatoms. The summed E-state index contributed by atoms with van der Waals surface area (Å²) in [5.74, 6) is 0.0404. The van der Waals surface area contributed by atoms with Gasteiger partial charge < -0.3 is 10.4 Å². The molecule has 0 fully saturated rings. The smallest absolute Gasteiger partial charge is 0.224 e. The van der Waals surface area contributed by atoms with Gasteiger partial charge in [0.25, 0.3) is 0 Å². The number of carbonyl (C=O) groups is 1. The first kappa shape index (κ1) is 11.1. The van der Waals surface area contributed by atoms with Gasteiger partial charge in [0.15, 0.2) is 0 Å². The highest BCUT2D eigenvalue weighted by atomic mass is 16.3. The van der Waals surface area contributed by atoms with Gasteiger partial charge in [-0.25, -0.2) is 0 Å². The van der Waals surface area contributed by atoms with Gasteiger partial charge in [-0.1, -0.05) is 19.1 Å². The number of anilines is 1. The molecule has 0 aromatic heterocycles. The van der Waals surface area contributed by atoms with Crippen molar-refractivity contribution < 1.29 is 9.90 Å². The van der Waals surface area contributed by atoms with Crippen LogP contribution in [0.15, 0.2) is 12.1 Å². The number of nitrogens with one attached hydrogen (secondary N) is 1. The predicted molar refractivity (Wildman–Crippen MR) is 63.4 cm³/mol. The molecule has 0 radical (unpaired) electrons. The van der Waals surface area contributed by atoms with Crippen LogP contribution in [0, 0.1) is 0 Å². The van der Waals surface area contributed by atoms with Crippen molar-refractivity contribution in [2.75, 3.05) is 5.32 Å². The molecule has 1 atom stereocenters. The van der Waals surface area contributed by atoms with E-state index in [-0.39, 0.29) is 5.91 Å². The topological polar surface area (TPSA) is 49.3 Å². The van der Waals surface area contributed by atoms with Crippen molar-refractivity contribution in [3.63, 3.8) is 0 Å². The van der Waals surface area contributed by atoms with Gasteiger partial charge in [-0.05, 0) is 30.9 Å². The van der Waals surface area contributed by atoms with E-state index in [0.717, 1.165) is 29.7 Å². The molecule has 2 N–H and O–H groups in total. The number of amides is 1. The number of hydrogen-bond acceptors (Lipinski definition) is 2. The summed E-state index contributed by atoms with van der Waals surface area (Å²) in [7, 11) is 0. The molecule has 0 bridgehead atoms. The quantitative estimate of drug-likeness (QED) is 0.801. The van der Waals surface area contributed by atoms with Crippen LogP contribution in [0.2, 0.25) is 0 Å². The molecule has 0 spiro atoms. The van der Waals surface area contributed by atoms with E-state index in [2.05, 4.69) is 18.3 Å². The highest BCUT2D eigenvalue weighted by Gasteiger charge is 2.20. The number of aryl methyl sites for hydroxylation is 2. The molecule has 1 aromatic rings. The summed E-state index contributed by atoms with van der Waals surface area (Å²) >= 11 is 0. The highest BCUT2D eigenvalue weighted by molar-refractivity contribution is 5.95. The zero-order valence-electron chi connectivity index (χ0n) is 9.71. The van der Waals surface area contributed by atoms with Crippen LogP contribution in [0.25, 0.3) is 0 Å². The average molecular weight is 219 g/mol. The third-order valence-corrected chi connectivity index (χ3v) is 3.05. The third-order valence-electron chi connectivity index (χ3n) is 3.05. The number of fused-ring (bicyclic) bond motifs is 1. The highest BCUT2D eigenvalue weighted by Crippen LogP contribution is 2.32. The molecular formula is C13H17NO2. The first-order valence-corrected chi connectivity index (χ1v) is 5.75. The zero-order valence-corrected chi connectivity index (χ0v) is 9.71. The number of rotatable bonds is 2. The molecule has 1 unspecified atom stereocenters. The lowest BCUT2D eigenvalue weighted by atomic mass is 9.93. The lowest BCUT2D eigenvalue weighted by Crippen LogP contribution is -2.21. The summed E-state index contributed by atoms with van der Waals surface area (Å²) in [6.45, 7) is 3.82. The summed E-state index contributed by atoms with van der Waals surface area (Å²) in [4.78, 5) is 11.4. The standard InChI is InChI=1S/C13H17NO2/c1-3-9-6-10-4-5-12(16)14-13(10)11(7-9)8(2)15/h6-8,15H,3-5H2,1-2H3,(H,14,16). The molecule has 2 rings (SSSR count). The van der Waals surface area contributed by atoms with E-state index in [9.17, 15) is 9.90 Å². The van der Waals surface area contributed by atoms with Crippen molar-refractivity contribution in [3.8, 4) is 0 Å². The average Bonchev–Trinajstić information content (AvgIpc) is 2.27. The van der Waals surface area contributed by atoms with Crippen molar-refractivity contribution in [3.05, 3.63) is 28.8 Å². The minimum Gasteiger partial charge on any atom is -0.389 e. The van der Waals surface area contributed by atoms with Gasteiger partial charge in [0.05, 0.1) is 6.10 Å². The second-order valence-corrected chi connectivity index (χ2v) is 4.30. The van der Waals surface area contributed by atoms with Crippen molar-refractivity contribution in [1.82, 2.24) is 0 Å². The summed E-state index contributed by atoms with van der Waals surface area (Å²) in [5.41, 5.74) is 4.02. The second-order valence-electron chi connectivity index (χ2n) is 4.30.